The van der Waals surface area contributed by atoms with Gasteiger partial charge in [0.25, 0.3) is 5.56 Å². The normalized spacial score (nSPS) is 11.2. The lowest BCUT2D eigenvalue weighted by molar-refractivity contribution is 0.103. The van der Waals surface area contributed by atoms with E-state index in [2.05, 4.69) is 10.1 Å². The average molecular weight is 323 g/mol. The molecule has 2 heterocycles. The number of pyridine rings is 1. The number of hydrogen-bond acceptors (Lipinski definition) is 3. The number of hydrogen-bond donors (Lipinski definition) is 1. The minimum Gasteiger partial charge on any atom is -0.299 e. The van der Waals surface area contributed by atoms with Crippen LogP contribution in [0.15, 0.2) is 16.9 Å². The van der Waals surface area contributed by atoms with Crippen LogP contribution in [0, 0.1) is 34.6 Å². The SMILES string of the molecule is Cc1nc(C)c2c(C)ccc(C(=O)c3c(C)[nH]n(C)c3=O)c2c1C. The predicted octanol–water partition coefficient (Wildman–Crippen LogP) is 3.03. The molecule has 0 fully saturated rings. The molecule has 3 rings (SSSR count). The Hall–Kier alpha value is -2.69. The molecule has 0 saturated carbocycles. The number of fused-ring (bicyclic) bond motifs is 1. The molecule has 1 N–H and O–H groups in total. The highest BCUT2D eigenvalue weighted by Gasteiger charge is 2.23. The minimum absolute atomic E-state index is 0.203. The second kappa shape index (κ2) is 5.44. The Balaban J connectivity index is 2.41. The number of benzene rings is 1. The van der Waals surface area contributed by atoms with Crippen LogP contribution in [0.3, 0.4) is 0 Å². The zero-order valence-corrected chi connectivity index (χ0v) is 14.9. The minimum atomic E-state index is -0.300. The fourth-order valence-corrected chi connectivity index (χ4v) is 3.41. The third-order valence-corrected chi connectivity index (χ3v) is 4.73. The quantitative estimate of drug-likeness (QED) is 0.737. The van der Waals surface area contributed by atoms with Crippen LogP contribution in [-0.2, 0) is 7.05 Å². The molecule has 0 bridgehead atoms. The molecule has 0 radical (unpaired) electrons. The highest BCUT2D eigenvalue weighted by atomic mass is 16.2. The number of aryl methyl sites for hydroxylation is 6. The summed E-state index contributed by atoms with van der Waals surface area (Å²) in [6.07, 6.45) is 0. The van der Waals surface area contributed by atoms with Gasteiger partial charge in [-0.2, -0.15) is 0 Å². The van der Waals surface area contributed by atoms with E-state index < -0.39 is 0 Å². The van der Waals surface area contributed by atoms with Crippen LogP contribution < -0.4 is 5.56 Å². The van der Waals surface area contributed by atoms with Crippen molar-refractivity contribution < 1.29 is 4.79 Å². The first kappa shape index (κ1) is 16.2. The third-order valence-electron chi connectivity index (χ3n) is 4.73. The number of nitrogens with zero attached hydrogens (tertiary/aromatic N) is 2. The van der Waals surface area contributed by atoms with Crippen molar-refractivity contribution in [2.75, 3.05) is 0 Å². The van der Waals surface area contributed by atoms with Crippen molar-refractivity contribution in [3.63, 3.8) is 0 Å². The molecule has 0 atom stereocenters. The highest BCUT2D eigenvalue weighted by molar-refractivity contribution is 6.18. The Labute approximate surface area is 140 Å². The van der Waals surface area contributed by atoms with Gasteiger partial charge < -0.3 is 0 Å². The average Bonchev–Trinajstić information content (AvgIpc) is 2.76. The van der Waals surface area contributed by atoms with Crippen LogP contribution in [0.5, 0.6) is 0 Å². The standard InChI is InChI=1S/C19H21N3O2/c1-9-7-8-14(16-10(2)11(3)20-12(4)15(9)16)18(23)17-13(5)21-22(6)19(17)24/h7-8,21H,1-6H3. The van der Waals surface area contributed by atoms with E-state index in [4.69, 9.17) is 0 Å². The molecule has 0 aliphatic carbocycles. The Morgan fingerprint density at radius 2 is 1.71 bits per heavy atom. The summed E-state index contributed by atoms with van der Waals surface area (Å²) in [5, 5.41) is 4.78. The number of carbonyl (C=O) groups excluding carboxylic acids is 1. The van der Waals surface area contributed by atoms with E-state index in [0.29, 0.717) is 11.3 Å². The lowest BCUT2D eigenvalue weighted by Crippen LogP contribution is -2.20. The van der Waals surface area contributed by atoms with Crippen molar-refractivity contribution in [1.82, 2.24) is 14.8 Å². The van der Waals surface area contributed by atoms with Crippen LogP contribution in [0.25, 0.3) is 10.8 Å². The van der Waals surface area contributed by atoms with Gasteiger partial charge in [0.15, 0.2) is 0 Å². The van der Waals surface area contributed by atoms with Crippen molar-refractivity contribution in [3.05, 3.63) is 61.8 Å². The molecule has 5 heteroatoms. The molecular weight excluding hydrogens is 302 g/mol. The maximum absolute atomic E-state index is 13.1. The van der Waals surface area contributed by atoms with Crippen molar-refractivity contribution in [2.24, 2.45) is 7.05 Å². The van der Waals surface area contributed by atoms with Gasteiger partial charge in [-0.1, -0.05) is 12.1 Å². The van der Waals surface area contributed by atoms with Gasteiger partial charge in [-0.25, -0.2) is 0 Å². The summed E-state index contributed by atoms with van der Waals surface area (Å²) < 4.78 is 1.34. The second-order valence-electron chi connectivity index (χ2n) is 6.39. The first-order chi connectivity index (χ1) is 11.2. The zero-order valence-electron chi connectivity index (χ0n) is 14.9. The van der Waals surface area contributed by atoms with Crippen molar-refractivity contribution in [1.29, 1.82) is 0 Å². The van der Waals surface area contributed by atoms with E-state index in [9.17, 15) is 9.59 Å². The van der Waals surface area contributed by atoms with Crippen LogP contribution in [-0.4, -0.2) is 20.5 Å². The molecule has 5 nitrogen and oxygen atoms in total. The van der Waals surface area contributed by atoms with Crippen molar-refractivity contribution in [2.45, 2.75) is 34.6 Å². The van der Waals surface area contributed by atoms with Gasteiger partial charge in [-0.05, 0) is 51.1 Å². The molecule has 1 aromatic carbocycles. The maximum Gasteiger partial charge on any atom is 0.277 e. The summed E-state index contributed by atoms with van der Waals surface area (Å²) >= 11 is 0. The number of H-pyrrole nitrogens is 1. The van der Waals surface area contributed by atoms with Crippen LogP contribution >= 0.6 is 0 Å². The fraction of sp³-hybridized carbons (Fsp3) is 0.316. The van der Waals surface area contributed by atoms with Gasteiger partial charge in [-0.15, -0.1) is 0 Å². The van der Waals surface area contributed by atoms with Crippen molar-refractivity contribution in [3.8, 4) is 0 Å². The Morgan fingerprint density at radius 1 is 1.04 bits per heavy atom. The lowest BCUT2D eigenvalue weighted by Gasteiger charge is -2.14. The van der Waals surface area contributed by atoms with Crippen LogP contribution in [0.1, 0.15) is 44.1 Å². The monoisotopic (exact) mass is 323 g/mol. The third kappa shape index (κ3) is 2.19. The van der Waals surface area contributed by atoms with E-state index in [-0.39, 0.29) is 16.9 Å². The van der Waals surface area contributed by atoms with Gasteiger partial charge in [0.1, 0.15) is 5.56 Å². The molecule has 0 saturated heterocycles. The first-order valence-electron chi connectivity index (χ1n) is 7.91. The molecule has 0 aliphatic heterocycles. The molecule has 0 amide bonds. The van der Waals surface area contributed by atoms with Gasteiger partial charge in [-0.3, -0.25) is 24.4 Å². The van der Waals surface area contributed by atoms with Crippen LogP contribution in [0.4, 0.5) is 0 Å². The molecule has 3 aromatic rings. The molecule has 124 valence electrons. The summed E-state index contributed by atoms with van der Waals surface area (Å²) in [7, 11) is 1.61. The second-order valence-corrected chi connectivity index (χ2v) is 6.39. The lowest BCUT2D eigenvalue weighted by atomic mass is 9.91. The number of aromatic amines is 1. The van der Waals surface area contributed by atoms with Crippen LogP contribution in [0.2, 0.25) is 0 Å². The summed E-state index contributed by atoms with van der Waals surface area (Å²) in [6.45, 7) is 9.63. The number of nitrogens with one attached hydrogen (secondary N) is 1. The van der Waals surface area contributed by atoms with Gasteiger partial charge >= 0.3 is 0 Å². The first-order valence-corrected chi connectivity index (χ1v) is 7.91. The van der Waals surface area contributed by atoms with Crippen molar-refractivity contribution >= 4 is 16.6 Å². The van der Waals surface area contributed by atoms with E-state index in [1.807, 2.05) is 39.8 Å². The Kier molecular flexibility index (Phi) is 3.67. The maximum atomic E-state index is 13.1. The summed E-state index contributed by atoms with van der Waals surface area (Å²) in [5.74, 6) is -0.243. The van der Waals surface area contributed by atoms with E-state index in [1.165, 1.54) is 4.68 Å². The number of ketones is 1. The Morgan fingerprint density at radius 3 is 2.29 bits per heavy atom. The smallest absolute Gasteiger partial charge is 0.277 e. The highest BCUT2D eigenvalue weighted by Crippen LogP contribution is 2.30. The Bertz CT molecular complexity index is 1050. The fourth-order valence-electron chi connectivity index (χ4n) is 3.41. The predicted molar refractivity (Wildman–Crippen MR) is 94.9 cm³/mol. The number of rotatable bonds is 2. The zero-order chi connectivity index (χ0) is 17.8. The largest absolute Gasteiger partial charge is 0.299 e. The summed E-state index contributed by atoms with van der Waals surface area (Å²) in [5.41, 5.74) is 4.90. The number of carbonyl (C=O) groups is 1. The van der Waals surface area contributed by atoms with E-state index in [1.54, 1.807) is 14.0 Å². The molecule has 0 unspecified atom stereocenters. The molecule has 24 heavy (non-hydrogen) atoms. The van der Waals surface area contributed by atoms with Gasteiger partial charge in [0.05, 0.1) is 0 Å². The van der Waals surface area contributed by atoms with E-state index >= 15 is 0 Å². The topological polar surface area (TPSA) is 67.8 Å². The summed E-state index contributed by atoms with van der Waals surface area (Å²) in [4.78, 5) is 30.1. The van der Waals surface area contributed by atoms with Gasteiger partial charge in [0.2, 0.25) is 5.78 Å². The molecular formula is C19H21N3O2. The van der Waals surface area contributed by atoms with E-state index in [0.717, 1.165) is 33.3 Å². The molecule has 2 aromatic heterocycles. The molecule has 0 aliphatic rings. The summed E-state index contributed by atoms with van der Waals surface area (Å²) in [6, 6.07) is 3.74. The van der Waals surface area contributed by atoms with Gasteiger partial charge in [0, 0.05) is 35.1 Å². The molecule has 0 spiro atoms. The number of aromatic nitrogens is 3.